The van der Waals surface area contributed by atoms with Crippen LogP contribution in [0.25, 0.3) is 0 Å². The molecule has 0 bridgehead atoms. The first-order valence-electron chi connectivity index (χ1n) is 8.71. The summed E-state index contributed by atoms with van der Waals surface area (Å²) in [4.78, 5) is 2.37. The SMILES string of the molecule is CN1CCc2cc([C@@H](O)CNS(=O)(=O)c3ccc4c(c3)CCO4)ccc21. The third kappa shape index (κ3) is 3.18. The Morgan fingerprint density at radius 2 is 2.04 bits per heavy atom. The molecule has 2 aromatic carbocycles. The second-order valence-corrected chi connectivity index (χ2v) is 8.56. The van der Waals surface area contributed by atoms with E-state index in [2.05, 4.69) is 9.62 Å². The van der Waals surface area contributed by atoms with Crippen molar-refractivity contribution in [2.75, 3.05) is 31.6 Å². The molecular formula is C19H22N2O4S. The first-order valence-corrected chi connectivity index (χ1v) is 10.2. The van der Waals surface area contributed by atoms with Gasteiger partial charge in [-0.1, -0.05) is 12.1 Å². The van der Waals surface area contributed by atoms with Crippen molar-refractivity contribution in [2.45, 2.75) is 23.8 Å². The number of benzene rings is 2. The van der Waals surface area contributed by atoms with Gasteiger partial charge in [-0.05, 0) is 47.4 Å². The molecule has 0 saturated heterocycles. The number of aliphatic hydroxyl groups is 1. The van der Waals surface area contributed by atoms with E-state index < -0.39 is 16.1 Å². The molecule has 2 aliphatic heterocycles. The van der Waals surface area contributed by atoms with E-state index in [4.69, 9.17) is 4.74 Å². The van der Waals surface area contributed by atoms with Crippen molar-refractivity contribution in [3.8, 4) is 5.75 Å². The van der Waals surface area contributed by atoms with Crippen LogP contribution >= 0.6 is 0 Å². The zero-order chi connectivity index (χ0) is 18.3. The summed E-state index contributed by atoms with van der Waals surface area (Å²) in [6.07, 6.45) is 0.763. The van der Waals surface area contributed by atoms with Gasteiger partial charge in [-0.15, -0.1) is 0 Å². The molecule has 2 aliphatic rings. The van der Waals surface area contributed by atoms with E-state index in [-0.39, 0.29) is 11.4 Å². The van der Waals surface area contributed by atoms with E-state index in [1.807, 2.05) is 25.2 Å². The van der Waals surface area contributed by atoms with Gasteiger partial charge >= 0.3 is 0 Å². The van der Waals surface area contributed by atoms with Crippen molar-refractivity contribution in [3.63, 3.8) is 0 Å². The second-order valence-electron chi connectivity index (χ2n) is 6.80. The Kier molecular flexibility index (Phi) is 4.38. The number of anilines is 1. The minimum absolute atomic E-state index is 0.0649. The highest BCUT2D eigenvalue weighted by Crippen LogP contribution is 2.30. The van der Waals surface area contributed by atoms with Crippen LogP contribution in [0.3, 0.4) is 0 Å². The number of hydrogen-bond acceptors (Lipinski definition) is 5. The zero-order valence-corrected chi connectivity index (χ0v) is 15.4. The van der Waals surface area contributed by atoms with Crippen LogP contribution in [0.4, 0.5) is 5.69 Å². The molecule has 2 N–H and O–H groups in total. The molecular weight excluding hydrogens is 352 g/mol. The number of fused-ring (bicyclic) bond motifs is 2. The van der Waals surface area contributed by atoms with Crippen LogP contribution in [-0.4, -0.2) is 40.3 Å². The first kappa shape index (κ1) is 17.3. The topological polar surface area (TPSA) is 78.9 Å². The molecule has 0 radical (unpaired) electrons. The average Bonchev–Trinajstić information content (AvgIpc) is 3.25. The maximum absolute atomic E-state index is 12.5. The number of likely N-dealkylation sites (N-methyl/N-ethyl adjacent to an activating group) is 1. The fourth-order valence-corrected chi connectivity index (χ4v) is 4.60. The monoisotopic (exact) mass is 374 g/mol. The molecule has 0 aliphatic carbocycles. The first-order chi connectivity index (χ1) is 12.4. The maximum atomic E-state index is 12.5. The quantitative estimate of drug-likeness (QED) is 0.832. The minimum atomic E-state index is -3.68. The zero-order valence-electron chi connectivity index (χ0n) is 14.6. The lowest BCUT2D eigenvalue weighted by Crippen LogP contribution is -2.28. The van der Waals surface area contributed by atoms with E-state index in [0.717, 1.165) is 29.8 Å². The van der Waals surface area contributed by atoms with E-state index in [1.54, 1.807) is 12.1 Å². The van der Waals surface area contributed by atoms with E-state index in [0.29, 0.717) is 13.0 Å². The Bertz CT molecular complexity index is 943. The summed E-state index contributed by atoms with van der Waals surface area (Å²) >= 11 is 0. The molecule has 26 heavy (non-hydrogen) atoms. The van der Waals surface area contributed by atoms with Crippen LogP contribution in [-0.2, 0) is 22.9 Å². The molecule has 0 amide bonds. The molecule has 0 unspecified atom stereocenters. The molecule has 6 nitrogen and oxygen atoms in total. The van der Waals surface area contributed by atoms with Crippen LogP contribution in [0.1, 0.15) is 22.8 Å². The van der Waals surface area contributed by atoms with Gasteiger partial charge in [0.1, 0.15) is 5.75 Å². The molecule has 7 heteroatoms. The Hall–Kier alpha value is -2.09. The lowest BCUT2D eigenvalue weighted by molar-refractivity contribution is 0.182. The predicted molar refractivity (Wildman–Crippen MR) is 99.2 cm³/mol. The highest BCUT2D eigenvalue weighted by molar-refractivity contribution is 7.89. The van der Waals surface area contributed by atoms with Gasteiger partial charge in [-0.2, -0.15) is 0 Å². The summed E-state index contributed by atoms with van der Waals surface area (Å²) in [6.45, 7) is 1.48. The summed E-state index contributed by atoms with van der Waals surface area (Å²) in [7, 11) is -1.64. The van der Waals surface area contributed by atoms with Gasteiger partial charge < -0.3 is 14.7 Å². The number of nitrogens with one attached hydrogen (secondary N) is 1. The van der Waals surface area contributed by atoms with Gasteiger partial charge in [0.05, 0.1) is 17.6 Å². The van der Waals surface area contributed by atoms with Crippen molar-refractivity contribution in [1.29, 1.82) is 0 Å². The Balaban J connectivity index is 1.46. The molecule has 0 spiro atoms. The molecule has 2 heterocycles. The van der Waals surface area contributed by atoms with Crippen LogP contribution < -0.4 is 14.4 Å². The van der Waals surface area contributed by atoms with Crippen LogP contribution in [0.2, 0.25) is 0 Å². The van der Waals surface area contributed by atoms with Gasteiger partial charge in [0, 0.05) is 32.2 Å². The number of nitrogens with zero attached hydrogens (tertiary/aromatic N) is 1. The standard InChI is InChI=1S/C19H22N2O4S/c1-21-8-6-13-10-14(2-4-17(13)21)18(22)12-20-26(23,24)16-3-5-19-15(11-16)7-9-25-19/h2-5,10-11,18,20,22H,6-9,12H2,1H3/t18-/m0/s1. The Morgan fingerprint density at radius 1 is 1.19 bits per heavy atom. The number of hydrogen-bond donors (Lipinski definition) is 2. The van der Waals surface area contributed by atoms with Gasteiger partial charge in [0.15, 0.2) is 0 Å². The van der Waals surface area contributed by atoms with Crippen LogP contribution in [0, 0.1) is 0 Å². The lowest BCUT2D eigenvalue weighted by atomic mass is 10.0. The fraction of sp³-hybridized carbons (Fsp3) is 0.368. The van der Waals surface area contributed by atoms with E-state index in [9.17, 15) is 13.5 Å². The largest absolute Gasteiger partial charge is 0.493 e. The summed E-state index contributed by atoms with van der Waals surface area (Å²) in [5.74, 6) is 0.743. The van der Waals surface area contributed by atoms with Gasteiger partial charge in [-0.3, -0.25) is 0 Å². The average molecular weight is 374 g/mol. The summed E-state index contributed by atoms with van der Waals surface area (Å²) in [5, 5.41) is 10.4. The van der Waals surface area contributed by atoms with Gasteiger partial charge in [0.25, 0.3) is 0 Å². The summed E-state index contributed by atoms with van der Waals surface area (Å²) < 4.78 is 33.0. The summed E-state index contributed by atoms with van der Waals surface area (Å²) in [6, 6.07) is 10.7. The lowest BCUT2D eigenvalue weighted by Gasteiger charge is -2.16. The molecule has 0 aromatic heterocycles. The van der Waals surface area contributed by atoms with Gasteiger partial charge in [0.2, 0.25) is 10.0 Å². The molecule has 2 aromatic rings. The van der Waals surface area contributed by atoms with Crippen molar-refractivity contribution >= 4 is 15.7 Å². The van der Waals surface area contributed by atoms with Crippen molar-refractivity contribution in [2.24, 2.45) is 0 Å². The molecule has 1 atom stereocenters. The summed E-state index contributed by atoms with van der Waals surface area (Å²) in [5.41, 5.74) is 3.98. The van der Waals surface area contributed by atoms with E-state index in [1.165, 1.54) is 17.3 Å². The highest BCUT2D eigenvalue weighted by Gasteiger charge is 2.22. The third-order valence-electron chi connectivity index (χ3n) is 5.05. The number of ether oxygens (including phenoxy) is 1. The van der Waals surface area contributed by atoms with E-state index >= 15 is 0 Å². The second kappa shape index (κ2) is 6.57. The maximum Gasteiger partial charge on any atom is 0.240 e. The fourth-order valence-electron chi connectivity index (χ4n) is 3.51. The molecule has 0 saturated carbocycles. The normalized spacial score (nSPS) is 16.9. The number of aliphatic hydroxyl groups excluding tert-OH is 1. The predicted octanol–water partition coefficient (Wildman–Crippen LogP) is 1.63. The van der Waals surface area contributed by atoms with Crippen LogP contribution in [0.15, 0.2) is 41.3 Å². The smallest absolute Gasteiger partial charge is 0.240 e. The third-order valence-corrected chi connectivity index (χ3v) is 6.48. The Labute approximate surface area is 153 Å². The van der Waals surface area contributed by atoms with Crippen molar-refractivity contribution < 1.29 is 18.3 Å². The molecule has 0 fully saturated rings. The number of sulfonamides is 1. The minimum Gasteiger partial charge on any atom is -0.493 e. The highest BCUT2D eigenvalue weighted by atomic mass is 32.2. The van der Waals surface area contributed by atoms with Crippen molar-refractivity contribution in [1.82, 2.24) is 4.72 Å². The van der Waals surface area contributed by atoms with Crippen LogP contribution in [0.5, 0.6) is 5.75 Å². The number of rotatable bonds is 5. The Morgan fingerprint density at radius 3 is 2.88 bits per heavy atom. The molecule has 138 valence electrons. The molecule has 4 rings (SSSR count). The van der Waals surface area contributed by atoms with Gasteiger partial charge in [-0.25, -0.2) is 13.1 Å². The van der Waals surface area contributed by atoms with Crippen molar-refractivity contribution in [3.05, 3.63) is 53.1 Å².